The third-order valence-electron chi connectivity index (χ3n) is 6.13. The lowest BCUT2D eigenvalue weighted by Crippen LogP contribution is -2.44. The van der Waals surface area contributed by atoms with Crippen molar-refractivity contribution < 1.29 is 15.3 Å². The molecule has 0 heterocycles. The molecule has 0 aromatic heterocycles. The van der Waals surface area contributed by atoms with Gasteiger partial charge >= 0.3 is 0 Å². The van der Waals surface area contributed by atoms with Crippen LogP contribution in [-0.2, 0) is 0 Å². The van der Waals surface area contributed by atoms with Gasteiger partial charge in [0.1, 0.15) is 6.10 Å². The molecule has 0 amide bonds. The molecule has 3 nitrogen and oxygen atoms in total. The van der Waals surface area contributed by atoms with Crippen LogP contribution in [0, 0.1) is 0 Å². The van der Waals surface area contributed by atoms with Crippen LogP contribution in [0.5, 0.6) is 0 Å². The lowest BCUT2D eigenvalue weighted by molar-refractivity contribution is -0.106. The van der Waals surface area contributed by atoms with Crippen molar-refractivity contribution in [2.24, 2.45) is 0 Å². The summed E-state index contributed by atoms with van der Waals surface area (Å²) in [6, 6.07) is 0. The number of allylic oxidation sites excluding steroid dienone is 2. The molecule has 0 spiro atoms. The Kier molecular flexibility index (Phi) is 20.6. The van der Waals surface area contributed by atoms with Gasteiger partial charge in [0.2, 0.25) is 0 Å². The van der Waals surface area contributed by atoms with E-state index in [0.29, 0.717) is 12.8 Å². The Morgan fingerprint density at radius 3 is 1.48 bits per heavy atom. The molecule has 0 saturated heterocycles. The second-order valence-corrected chi connectivity index (χ2v) is 8.95. The van der Waals surface area contributed by atoms with Crippen LogP contribution in [0.1, 0.15) is 136 Å². The van der Waals surface area contributed by atoms with Crippen molar-refractivity contribution in [1.82, 2.24) is 0 Å². The van der Waals surface area contributed by atoms with E-state index in [-0.39, 0.29) is 6.61 Å². The first-order chi connectivity index (χ1) is 14.1. The van der Waals surface area contributed by atoms with E-state index in [1.165, 1.54) is 77.0 Å². The standard InChI is InChI=1S/C26H52O3/c1-3-5-7-8-9-10-11-12-13-14-15-16-17-18-19-21-23-26(29,25(28)24-27)22-20-6-4-2/h12-13,25,27-29H,3-11,14-24H2,1-2H3/b13-12-. The van der Waals surface area contributed by atoms with Gasteiger partial charge in [-0.2, -0.15) is 0 Å². The van der Waals surface area contributed by atoms with Crippen molar-refractivity contribution >= 4 is 0 Å². The predicted molar refractivity (Wildman–Crippen MR) is 126 cm³/mol. The van der Waals surface area contributed by atoms with Crippen LogP contribution < -0.4 is 0 Å². The molecule has 174 valence electrons. The highest BCUT2D eigenvalue weighted by Crippen LogP contribution is 2.26. The van der Waals surface area contributed by atoms with Gasteiger partial charge in [-0.05, 0) is 38.5 Å². The minimum absolute atomic E-state index is 0.352. The van der Waals surface area contributed by atoms with Gasteiger partial charge in [-0.1, -0.05) is 109 Å². The number of hydrogen-bond donors (Lipinski definition) is 3. The zero-order valence-corrected chi connectivity index (χ0v) is 19.7. The van der Waals surface area contributed by atoms with E-state index >= 15 is 0 Å². The SMILES string of the molecule is CCCCCCCC/C=C\CCCCCCCCC(O)(CCCCC)C(O)CO. The molecule has 0 fully saturated rings. The molecule has 0 aliphatic heterocycles. The summed E-state index contributed by atoms with van der Waals surface area (Å²) >= 11 is 0. The fraction of sp³-hybridized carbons (Fsp3) is 0.923. The first kappa shape index (κ1) is 28.6. The monoisotopic (exact) mass is 412 g/mol. The number of rotatable bonds is 22. The molecule has 3 heteroatoms. The van der Waals surface area contributed by atoms with Crippen molar-refractivity contribution in [1.29, 1.82) is 0 Å². The maximum atomic E-state index is 10.7. The van der Waals surface area contributed by atoms with Crippen molar-refractivity contribution in [2.75, 3.05) is 6.61 Å². The lowest BCUT2D eigenvalue weighted by atomic mass is 9.85. The Labute approximate surface area is 182 Å². The van der Waals surface area contributed by atoms with Crippen LogP contribution in [0.4, 0.5) is 0 Å². The second-order valence-electron chi connectivity index (χ2n) is 8.95. The van der Waals surface area contributed by atoms with E-state index < -0.39 is 11.7 Å². The molecule has 2 unspecified atom stereocenters. The summed E-state index contributed by atoms with van der Waals surface area (Å²) in [5, 5.41) is 29.9. The molecule has 0 aliphatic rings. The van der Waals surface area contributed by atoms with Crippen molar-refractivity contribution in [3.63, 3.8) is 0 Å². The zero-order valence-electron chi connectivity index (χ0n) is 19.7. The highest BCUT2D eigenvalue weighted by Gasteiger charge is 2.33. The van der Waals surface area contributed by atoms with Gasteiger partial charge in [-0.25, -0.2) is 0 Å². The van der Waals surface area contributed by atoms with E-state index in [1.807, 2.05) is 0 Å². The zero-order chi connectivity index (χ0) is 21.6. The lowest BCUT2D eigenvalue weighted by Gasteiger charge is -2.32. The van der Waals surface area contributed by atoms with Gasteiger partial charge in [0.15, 0.2) is 0 Å². The van der Waals surface area contributed by atoms with Crippen LogP contribution in [0.3, 0.4) is 0 Å². The molecular weight excluding hydrogens is 360 g/mol. The first-order valence-corrected chi connectivity index (χ1v) is 12.8. The summed E-state index contributed by atoms with van der Waals surface area (Å²) in [5.74, 6) is 0. The normalized spacial score (nSPS) is 15.1. The summed E-state index contributed by atoms with van der Waals surface area (Å²) in [4.78, 5) is 0. The van der Waals surface area contributed by atoms with E-state index in [4.69, 9.17) is 0 Å². The molecule has 0 radical (unpaired) electrons. The number of aliphatic hydroxyl groups is 3. The Bertz CT molecular complexity index is 356. The van der Waals surface area contributed by atoms with Crippen molar-refractivity contribution in [3.05, 3.63) is 12.2 Å². The maximum absolute atomic E-state index is 10.7. The van der Waals surface area contributed by atoms with Gasteiger partial charge < -0.3 is 15.3 Å². The Morgan fingerprint density at radius 2 is 1.00 bits per heavy atom. The molecule has 2 atom stereocenters. The minimum Gasteiger partial charge on any atom is -0.394 e. The highest BCUT2D eigenvalue weighted by molar-refractivity contribution is 4.86. The summed E-state index contributed by atoms with van der Waals surface area (Å²) in [6.45, 7) is 4.05. The van der Waals surface area contributed by atoms with Crippen LogP contribution >= 0.6 is 0 Å². The van der Waals surface area contributed by atoms with Crippen LogP contribution in [-0.4, -0.2) is 33.6 Å². The Balaban J connectivity index is 3.59. The van der Waals surface area contributed by atoms with Gasteiger partial charge in [0.25, 0.3) is 0 Å². The summed E-state index contributed by atoms with van der Waals surface area (Å²) in [7, 11) is 0. The van der Waals surface area contributed by atoms with Gasteiger partial charge in [-0.15, -0.1) is 0 Å². The fourth-order valence-corrected chi connectivity index (χ4v) is 3.99. The molecule has 3 N–H and O–H groups in total. The summed E-state index contributed by atoms with van der Waals surface area (Å²) in [6.07, 6.45) is 25.7. The third-order valence-corrected chi connectivity index (χ3v) is 6.13. The van der Waals surface area contributed by atoms with E-state index in [1.54, 1.807) is 0 Å². The summed E-state index contributed by atoms with van der Waals surface area (Å²) < 4.78 is 0. The highest BCUT2D eigenvalue weighted by atomic mass is 16.4. The molecule has 0 bridgehead atoms. The molecule has 0 rings (SSSR count). The van der Waals surface area contributed by atoms with Crippen LogP contribution in [0.2, 0.25) is 0 Å². The van der Waals surface area contributed by atoms with E-state index in [9.17, 15) is 15.3 Å². The minimum atomic E-state index is -1.11. The van der Waals surface area contributed by atoms with Crippen LogP contribution in [0.15, 0.2) is 12.2 Å². The van der Waals surface area contributed by atoms with E-state index in [0.717, 1.165) is 32.1 Å². The van der Waals surface area contributed by atoms with Gasteiger partial charge in [-0.3, -0.25) is 0 Å². The largest absolute Gasteiger partial charge is 0.394 e. The first-order valence-electron chi connectivity index (χ1n) is 12.8. The number of aliphatic hydroxyl groups excluding tert-OH is 2. The average Bonchev–Trinajstić information content (AvgIpc) is 2.73. The van der Waals surface area contributed by atoms with Crippen molar-refractivity contribution in [3.8, 4) is 0 Å². The molecule has 0 aliphatic carbocycles. The average molecular weight is 413 g/mol. The van der Waals surface area contributed by atoms with Crippen molar-refractivity contribution in [2.45, 2.75) is 148 Å². The molecular formula is C26H52O3. The maximum Gasteiger partial charge on any atom is 0.106 e. The topological polar surface area (TPSA) is 60.7 Å². The predicted octanol–water partition coefficient (Wildman–Crippen LogP) is 7.08. The second kappa shape index (κ2) is 20.9. The number of hydrogen-bond acceptors (Lipinski definition) is 3. The summed E-state index contributed by atoms with van der Waals surface area (Å²) in [5.41, 5.74) is -1.11. The van der Waals surface area contributed by atoms with E-state index in [2.05, 4.69) is 26.0 Å². The molecule has 0 saturated carbocycles. The molecule has 0 aromatic rings. The van der Waals surface area contributed by atoms with Gasteiger partial charge in [0, 0.05) is 0 Å². The quantitative estimate of drug-likeness (QED) is 0.131. The Hall–Kier alpha value is -0.380. The Morgan fingerprint density at radius 1 is 0.621 bits per heavy atom. The van der Waals surface area contributed by atoms with Gasteiger partial charge in [0.05, 0.1) is 12.2 Å². The molecule has 0 aromatic carbocycles. The fourth-order valence-electron chi connectivity index (χ4n) is 3.99. The third kappa shape index (κ3) is 17.0. The number of unbranched alkanes of at least 4 members (excludes halogenated alkanes) is 14. The smallest absolute Gasteiger partial charge is 0.106 e. The van der Waals surface area contributed by atoms with Crippen LogP contribution in [0.25, 0.3) is 0 Å². The molecule has 29 heavy (non-hydrogen) atoms.